The van der Waals surface area contributed by atoms with Crippen LogP contribution in [0.15, 0.2) is 24.3 Å². The van der Waals surface area contributed by atoms with Crippen molar-refractivity contribution in [3.8, 4) is 28.7 Å². The van der Waals surface area contributed by atoms with E-state index in [4.69, 9.17) is 43.6 Å². The average molecular weight is 588 g/mol. The van der Waals surface area contributed by atoms with E-state index in [-0.39, 0.29) is 30.6 Å². The Morgan fingerprint density at radius 3 is 2.38 bits per heavy atom. The summed E-state index contributed by atoms with van der Waals surface area (Å²) in [5.41, 5.74) is 6.77. The lowest BCUT2D eigenvalue weighted by Gasteiger charge is -2.51. The molecule has 3 saturated heterocycles. The van der Waals surface area contributed by atoms with Gasteiger partial charge in [0.2, 0.25) is 12.5 Å². The summed E-state index contributed by atoms with van der Waals surface area (Å²) in [6.45, 7) is 0.414. The van der Waals surface area contributed by atoms with Crippen molar-refractivity contribution in [1.29, 1.82) is 0 Å². The van der Waals surface area contributed by atoms with Gasteiger partial charge in [-0.3, -0.25) is 10.5 Å². The second-order valence-electron chi connectivity index (χ2n) is 11.2. The van der Waals surface area contributed by atoms with E-state index in [0.29, 0.717) is 47.6 Å². The molecule has 6 unspecified atom stereocenters. The summed E-state index contributed by atoms with van der Waals surface area (Å²) in [7, 11) is 2.86. The second kappa shape index (κ2) is 10.1. The van der Waals surface area contributed by atoms with Gasteiger partial charge in [-0.2, -0.15) is 0 Å². The third kappa shape index (κ3) is 4.02. The van der Waals surface area contributed by atoms with E-state index in [1.807, 2.05) is 0 Å². The van der Waals surface area contributed by atoms with Crippen LogP contribution in [0.2, 0.25) is 0 Å². The Kier molecular flexibility index (Phi) is 6.64. The van der Waals surface area contributed by atoms with Crippen molar-refractivity contribution in [3.05, 3.63) is 41.0 Å². The van der Waals surface area contributed by atoms with Gasteiger partial charge in [-0.15, -0.1) is 0 Å². The quantitative estimate of drug-likeness (QED) is 0.365. The lowest BCUT2D eigenvalue weighted by atomic mass is 9.66. The highest BCUT2D eigenvalue weighted by Crippen LogP contribution is 2.57. The molecule has 0 bridgehead atoms. The fourth-order valence-electron chi connectivity index (χ4n) is 6.98. The zero-order valence-corrected chi connectivity index (χ0v) is 23.1. The molecule has 7 rings (SSSR count). The molecule has 0 saturated carbocycles. The molecule has 13 heteroatoms. The predicted octanol–water partition coefficient (Wildman–Crippen LogP) is 1.04. The molecule has 5 N–H and O–H groups in total. The number of aliphatic hydroxyl groups is 2. The fourth-order valence-corrected chi connectivity index (χ4v) is 6.98. The monoisotopic (exact) mass is 587 g/mol. The summed E-state index contributed by atoms with van der Waals surface area (Å²) < 4.78 is 46.1. The van der Waals surface area contributed by atoms with Gasteiger partial charge in [0.25, 0.3) is 0 Å². The smallest absolute Gasteiger partial charge is 0.310 e. The van der Waals surface area contributed by atoms with Gasteiger partial charge in [0.05, 0.1) is 32.8 Å². The molecule has 226 valence electrons. The number of phenols is 1. The summed E-state index contributed by atoms with van der Waals surface area (Å²) in [5, 5.41) is 32.6. The van der Waals surface area contributed by atoms with Crippen LogP contribution in [-0.2, 0) is 23.7 Å². The van der Waals surface area contributed by atoms with E-state index in [2.05, 4.69) is 0 Å². The Morgan fingerprint density at radius 1 is 1.00 bits per heavy atom. The molecule has 2 aromatic carbocycles. The minimum absolute atomic E-state index is 0.0288. The number of phenolic OH excluding ortho intramolecular Hbond substituents is 1. The molecule has 0 amide bonds. The summed E-state index contributed by atoms with van der Waals surface area (Å²) in [4.78, 5) is 13.4. The first-order valence-corrected chi connectivity index (χ1v) is 13.9. The van der Waals surface area contributed by atoms with Crippen LogP contribution in [0, 0.1) is 11.8 Å². The third-order valence-corrected chi connectivity index (χ3v) is 9.09. The van der Waals surface area contributed by atoms with Crippen molar-refractivity contribution < 1.29 is 58.0 Å². The largest absolute Gasteiger partial charge is 0.502 e. The first kappa shape index (κ1) is 27.5. The number of esters is 1. The summed E-state index contributed by atoms with van der Waals surface area (Å²) in [5.74, 6) is -1.04. The molecule has 13 nitrogen and oxygen atoms in total. The maximum atomic E-state index is 13.4. The predicted molar refractivity (Wildman–Crippen MR) is 140 cm³/mol. The Bertz CT molecular complexity index is 1370. The number of ether oxygens (including phenoxy) is 8. The van der Waals surface area contributed by atoms with E-state index in [9.17, 15) is 20.1 Å². The molecule has 42 heavy (non-hydrogen) atoms. The van der Waals surface area contributed by atoms with Crippen LogP contribution in [0.1, 0.15) is 41.6 Å². The van der Waals surface area contributed by atoms with Gasteiger partial charge in [-0.05, 0) is 53.8 Å². The molecule has 0 spiro atoms. The molecule has 0 aromatic heterocycles. The zero-order chi connectivity index (χ0) is 29.3. The first-order valence-electron chi connectivity index (χ1n) is 13.9. The third-order valence-electron chi connectivity index (χ3n) is 9.09. The van der Waals surface area contributed by atoms with Crippen LogP contribution in [-0.4, -0.2) is 85.8 Å². The van der Waals surface area contributed by atoms with E-state index in [1.165, 1.54) is 14.2 Å². The number of rotatable bonds is 5. The molecule has 9 atom stereocenters. The number of nitrogens with two attached hydrogens (primary N) is 1. The zero-order valence-electron chi connectivity index (χ0n) is 23.1. The molecule has 0 radical (unpaired) electrons. The standard InChI is InChI=1S/C29H33NO12/c1-35-18-6-12(7-19(36-2)23(18)31)21-13-8-16-17(39-11-38-16)9-14(13)25(15-10-37-27(34)22(15)21)42-28-24(32)26(33)29(30)20(41-28)4-3-5-40-29/h6-9,15,20-22,24-26,28,31-33H,3-5,10-11,30H2,1-2H3/t15-,20?,21+,22?,24+,25?,26?,28?,29?/m0/s1. The normalized spacial score (nSPS) is 36.5. The van der Waals surface area contributed by atoms with Gasteiger partial charge >= 0.3 is 5.97 Å². The van der Waals surface area contributed by atoms with Crippen molar-refractivity contribution in [2.45, 2.75) is 55.2 Å². The lowest BCUT2D eigenvalue weighted by Crippen LogP contribution is -2.73. The minimum Gasteiger partial charge on any atom is -0.502 e. The molecule has 5 aliphatic rings. The maximum Gasteiger partial charge on any atom is 0.310 e. The number of hydrogen-bond donors (Lipinski definition) is 4. The number of fused-ring (bicyclic) bond motifs is 4. The van der Waals surface area contributed by atoms with Crippen LogP contribution >= 0.6 is 0 Å². The first-order chi connectivity index (χ1) is 20.2. The molecular formula is C29H33NO12. The Morgan fingerprint density at radius 2 is 1.69 bits per heavy atom. The van der Waals surface area contributed by atoms with Gasteiger partial charge in [-0.25, -0.2) is 0 Å². The second-order valence-corrected chi connectivity index (χ2v) is 11.2. The van der Waals surface area contributed by atoms with Crippen LogP contribution in [0.4, 0.5) is 0 Å². The van der Waals surface area contributed by atoms with Crippen LogP contribution < -0.4 is 24.7 Å². The molecule has 4 aliphatic heterocycles. The van der Waals surface area contributed by atoms with Crippen molar-refractivity contribution in [1.82, 2.24) is 0 Å². The van der Waals surface area contributed by atoms with Gasteiger partial charge < -0.3 is 53.2 Å². The number of carbonyl (C=O) groups excluding carboxylic acids is 1. The Balaban J connectivity index is 1.33. The maximum absolute atomic E-state index is 13.4. The van der Waals surface area contributed by atoms with Gasteiger partial charge in [0.1, 0.15) is 18.3 Å². The summed E-state index contributed by atoms with van der Waals surface area (Å²) in [6, 6.07) is 6.93. The molecule has 3 fully saturated rings. The highest BCUT2D eigenvalue weighted by atomic mass is 16.7. The highest BCUT2D eigenvalue weighted by molar-refractivity contribution is 5.79. The number of cyclic esters (lactones) is 1. The van der Waals surface area contributed by atoms with Gasteiger partial charge in [0, 0.05) is 18.4 Å². The molecular weight excluding hydrogens is 554 g/mol. The summed E-state index contributed by atoms with van der Waals surface area (Å²) in [6.07, 6.45) is -4.59. The summed E-state index contributed by atoms with van der Waals surface area (Å²) >= 11 is 0. The van der Waals surface area contributed by atoms with Crippen LogP contribution in [0.3, 0.4) is 0 Å². The molecule has 1 aliphatic carbocycles. The van der Waals surface area contributed by atoms with Crippen molar-refractivity contribution in [3.63, 3.8) is 0 Å². The van der Waals surface area contributed by atoms with Crippen molar-refractivity contribution in [2.24, 2.45) is 17.6 Å². The van der Waals surface area contributed by atoms with Gasteiger partial charge in [0.15, 0.2) is 35.0 Å². The van der Waals surface area contributed by atoms with Crippen LogP contribution in [0.5, 0.6) is 28.7 Å². The number of carbonyl (C=O) groups is 1. The van der Waals surface area contributed by atoms with Crippen molar-refractivity contribution in [2.75, 3.05) is 34.2 Å². The Labute approximate surface area is 240 Å². The van der Waals surface area contributed by atoms with Crippen molar-refractivity contribution >= 4 is 5.97 Å². The Hall–Kier alpha value is -3.33. The number of methoxy groups -OCH3 is 2. The molecule has 2 aromatic rings. The van der Waals surface area contributed by atoms with Gasteiger partial charge in [-0.1, -0.05) is 0 Å². The number of benzene rings is 2. The molecule has 4 heterocycles. The topological polar surface area (TPSA) is 178 Å². The van der Waals surface area contributed by atoms with E-state index in [0.717, 1.165) is 0 Å². The van der Waals surface area contributed by atoms with Crippen LogP contribution in [0.25, 0.3) is 0 Å². The lowest BCUT2D eigenvalue weighted by molar-refractivity contribution is -0.356. The highest BCUT2D eigenvalue weighted by Gasteiger charge is 2.59. The fraction of sp³-hybridized carbons (Fsp3) is 0.552. The number of hydrogen-bond acceptors (Lipinski definition) is 13. The number of aromatic hydroxyl groups is 1. The van der Waals surface area contributed by atoms with E-state index >= 15 is 0 Å². The number of aliphatic hydroxyl groups excluding tert-OH is 2. The van der Waals surface area contributed by atoms with E-state index < -0.39 is 60.2 Å². The minimum atomic E-state index is -1.56. The SMILES string of the molecule is COc1cc([C@@H]2c3cc4c(cc3C(OC3OC5CCCOC5(N)C(O)[C@H]3O)[C@H]3COC(=O)C23)OCO4)cc(OC)c1O. The van der Waals surface area contributed by atoms with E-state index in [1.54, 1.807) is 24.3 Å². The average Bonchev–Trinajstić information content (AvgIpc) is 3.61.